The summed E-state index contributed by atoms with van der Waals surface area (Å²) >= 11 is 0. The quantitative estimate of drug-likeness (QED) is 0.503. The number of hydrogen-bond acceptors (Lipinski definition) is 6. The number of aryl methyl sites for hydroxylation is 1. The van der Waals surface area contributed by atoms with Gasteiger partial charge in [-0.25, -0.2) is 4.79 Å². The van der Waals surface area contributed by atoms with Crippen molar-refractivity contribution >= 4 is 11.9 Å². The third-order valence-corrected chi connectivity index (χ3v) is 3.05. The second kappa shape index (κ2) is 7.55. The molecule has 8 nitrogen and oxygen atoms in total. The van der Waals surface area contributed by atoms with Crippen LogP contribution < -0.4 is 5.32 Å². The van der Waals surface area contributed by atoms with Crippen molar-refractivity contribution in [1.29, 1.82) is 0 Å². The van der Waals surface area contributed by atoms with Gasteiger partial charge in [0.15, 0.2) is 0 Å². The maximum atomic E-state index is 10.4. The molecule has 0 bridgehead atoms. The lowest BCUT2D eigenvalue weighted by atomic mass is 10.1. The first-order chi connectivity index (χ1) is 9.90. The van der Waals surface area contributed by atoms with E-state index in [0.29, 0.717) is 29.7 Å². The van der Waals surface area contributed by atoms with E-state index >= 15 is 0 Å². The van der Waals surface area contributed by atoms with E-state index in [1.807, 2.05) is 0 Å². The van der Waals surface area contributed by atoms with Crippen LogP contribution in [-0.4, -0.2) is 43.3 Å². The van der Waals surface area contributed by atoms with Crippen LogP contribution in [0.3, 0.4) is 0 Å². The van der Waals surface area contributed by atoms with Crippen molar-refractivity contribution in [2.45, 2.75) is 39.0 Å². The number of carbonyl (C=O) groups excluding carboxylic acids is 1. The van der Waals surface area contributed by atoms with Crippen molar-refractivity contribution in [3.8, 4) is 5.75 Å². The third kappa shape index (κ3) is 4.40. The predicted molar refractivity (Wildman–Crippen MR) is 71.3 cm³/mol. The molecule has 2 rings (SSSR count). The van der Waals surface area contributed by atoms with E-state index in [1.165, 1.54) is 6.20 Å². The molecule has 1 aliphatic rings. The molecule has 0 aromatic carbocycles. The molecule has 8 heteroatoms. The minimum Gasteiger partial charge on any atom is -0.506 e. The number of amides is 1. The standard InChI is InChI=1S/C8H11NO3.C5H7NO3/c1-5-8(12)7(4-11)6(3-10)2-9-5;7-4-2-1-3(6-4)5(8)9/h2,10-12H,3-4H2,1H3;3H,1-2H2,(H,6,7)(H,8,9)/t;3-/m.0/s1. The molecule has 1 aromatic rings. The molecule has 116 valence electrons. The summed E-state index contributed by atoms with van der Waals surface area (Å²) in [6.45, 7) is 1.12. The fourth-order valence-electron chi connectivity index (χ4n) is 1.80. The van der Waals surface area contributed by atoms with E-state index in [0.717, 1.165) is 0 Å². The summed E-state index contributed by atoms with van der Waals surface area (Å²) in [5.41, 5.74) is 1.27. The fraction of sp³-hybridized carbons (Fsp3) is 0.462. The lowest BCUT2D eigenvalue weighted by Crippen LogP contribution is -2.32. The van der Waals surface area contributed by atoms with E-state index in [1.54, 1.807) is 6.92 Å². The topological polar surface area (TPSA) is 140 Å². The van der Waals surface area contributed by atoms with Crippen molar-refractivity contribution < 1.29 is 30.0 Å². The molecule has 0 radical (unpaired) electrons. The summed E-state index contributed by atoms with van der Waals surface area (Å²) in [4.78, 5) is 24.4. The number of aliphatic hydroxyl groups excluding tert-OH is 2. The van der Waals surface area contributed by atoms with Crippen molar-refractivity contribution in [2.24, 2.45) is 0 Å². The Balaban J connectivity index is 0.000000219. The molecule has 1 amide bonds. The second-order valence-corrected chi connectivity index (χ2v) is 4.51. The summed E-state index contributed by atoms with van der Waals surface area (Å²) in [6.07, 6.45) is 2.21. The molecule has 0 spiro atoms. The minimum absolute atomic E-state index is 0.0379. The Labute approximate surface area is 121 Å². The minimum atomic E-state index is -0.944. The highest BCUT2D eigenvalue weighted by atomic mass is 16.4. The van der Waals surface area contributed by atoms with Crippen molar-refractivity contribution in [3.05, 3.63) is 23.0 Å². The van der Waals surface area contributed by atoms with Crippen molar-refractivity contribution in [3.63, 3.8) is 0 Å². The van der Waals surface area contributed by atoms with Gasteiger partial charge in [-0.1, -0.05) is 0 Å². The Kier molecular flexibility index (Phi) is 6.07. The summed E-state index contributed by atoms with van der Waals surface area (Å²) < 4.78 is 0. The number of carbonyl (C=O) groups is 2. The number of pyridine rings is 1. The third-order valence-electron chi connectivity index (χ3n) is 3.05. The number of aromatic hydroxyl groups is 1. The van der Waals surface area contributed by atoms with Gasteiger partial charge in [-0.15, -0.1) is 0 Å². The molecule has 0 unspecified atom stereocenters. The summed E-state index contributed by atoms with van der Waals surface area (Å²) in [5, 5.41) is 37.7. The van der Waals surface area contributed by atoms with E-state index in [-0.39, 0.29) is 24.9 Å². The van der Waals surface area contributed by atoms with E-state index in [9.17, 15) is 14.7 Å². The average molecular weight is 298 g/mol. The van der Waals surface area contributed by atoms with Crippen LogP contribution in [0, 0.1) is 6.92 Å². The molecule has 1 fully saturated rings. The molecule has 5 N–H and O–H groups in total. The molecule has 2 heterocycles. The Morgan fingerprint density at radius 1 is 1.43 bits per heavy atom. The zero-order valence-corrected chi connectivity index (χ0v) is 11.5. The Hall–Kier alpha value is -2.19. The van der Waals surface area contributed by atoms with Gasteiger partial charge in [0.05, 0.1) is 18.9 Å². The van der Waals surface area contributed by atoms with Gasteiger partial charge in [-0.3, -0.25) is 9.78 Å². The number of aromatic nitrogens is 1. The molecular formula is C13H18N2O6. The first kappa shape index (κ1) is 16.9. The molecule has 1 saturated heterocycles. The van der Waals surface area contributed by atoms with Gasteiger partial charge < -0.3 is 25.7 Å². The summed E-state index contributed by atoms with van der Waals surface area (Å²) in [6, 6.07) is -0.641. The van der Waals surface area contributed by atoms with Crippen molar-refractivity contribution in [2.75, 3.05) is 0 Å². The zero-order chi connectivity index (χ0) is 16.0. The maximum absolute atomic E-state index is 10.4. The summed E-state index contributed by atoms with van der Waals surface area (Å²) in [7, 11) is 0. The second-order valence-electron chi connectivity index (χ2n) is 4.51. The number of carboxylic acid groups (broad SMARTS) is 1. The number of aliphatic carboxylic acids is 1. The van der Waals surface area contributed by atoms with Crippen LogP contribution >= 0.6 is 0 Å². The van der Waals surface area contributed by atoms with Gasteiger partial charge in [0.2, 0.25) is 5.91 Å². The number of hydrogen-bond donors (Lipinski definition) is 5. The largest absolute Gasteiger partial charge is 0.506 e. The molecule has 1 atom stereocenters. The number of nitrogens with one attached hydrogen (secondary N) is 1. The van der Waals surface area contributed by atoms with Crippen LogP contribution in [0.25, 0.3) is 0 Å². The van der Waals surface area contributed by atoms with E-state index in [4.69, 9.17) is 15.3 Å². The average Bonchev–Trinajstić information content (AvgIpc) is 2.89. The highest BCUT2D eigenvalue weighted by Crippen LogP contribution is 2.23. The van der Waals surface area contributed by atoms with Gasteiger partial charge in [-0.2, -0.15) is 0 Å². The van der Waals surface area contributed by atoms with E-state index in [2.05, 4.69) is 10.3 Å². The lowest BCUT2D eigenvalue weighted by Gasteiger charge is -2.07. The van der Waals surface area contributed by atoms with Crippen LogP contribution in [0.2, 0.25) is 0 Å². The molecule has 0 aliphatic carbocycles. The molecular weight excluding hydrogens is 280 g/mol. The highest BCUT2D eigenvalue weighted by Gasteiger charge is 2.26. The Morgan fingerprint density at radius 3 is 2.48 bits per heavy atom. The maximum Gasteiger partial charge on any atom is 0.326 e. The van der Waals surface area contributed by atoms with Gasteiger partial charge >= 0.3 is 5.97 Å². The van der Waals surface area contributed by atoms with Gasteiger partial charge in [-0.05, 0) is 13.3 Å². The number of rotatable bonds is 3. The normalized spacial score (nSPS) is 16.9. The molecule has 1 aromatic heterocycles. The fourth-order valence-corrected chi connectivity index (χ4v) is 1.80. The number of aliphatic hydroxyl groups is 2. The van der Waals surface area contributed by atoms with Crippen LogP contribution in [-0.2, 0) is 22.8 Å². The predicted octanol–water partition coefficient (Wildman–Crippen LogP) is -0.570. The molecule has 21 heavy (non-hydrogen) atoms. The molecule has 0 saturated carbocycles. The smallest absolute Gasteiger partial charge is 0.326 e. The Morgan fingerprint density at radius 2 is 2.10 bits per heavy atom. The zero-order valence-electron chi connectivity index (χ0n) is 11.5. The van der Waals surface area contributed by atoms with Crippen molar-refractivity contribution in [1.82, 2.24) is 10.3 Å². The summed E-state index contributed by atoms with van der Waals surface area (Å²) in [5.74, 6) is -1.15. The first-order valence-corrected chi connectivity index (χ1v) is 6.30. The van der Waals surface area contributed by atoms with Crippen LogP contribution in [0.4, 0.5) is 0 Å². The molecule has 1 aliphatic heterocycles. The number of nitrogens with zero attached hydrogens (tertiary/aromatic N) is 1. The lowest BCUT2D eigenvalue weighted by molar-refractivity contribution is -0.140. The first-order valence-electron chi connectivity index (χ1n) is 6.30. The monoisotopic (exact) mass is 298 g/mol. The highest BCUT2D eigenvalue weighted by molar-refractivity contribution is 5.87. The van der Waals surface area contributed by atoms with Gasteiger partial charge in [0, 0.05) is 23.7 Å². The van der Waals surface area contributed by atoms with Crippen LogP contribution in [0.5, 0.6) is 5.75 Å². The van der Waals surface area contributed by atoms with Gasteiger partial charge in [0.25, 0.3) is 0 Å². The van der Waals surface area contributed by atoms with E-state index < -0.39 is 12.0 Å². The van der Waals surface area contributed by atoms with Crippen LogP contribution in [0.15, 0.2) is 6.20 Å². The SMILES string of the molecule is Cc1ncc(CO)c(CO)c1O.O=C1CC[C@@H](C(=O)O)N1. The Bertz CT molecular complexity index is 532. The van der Waals surface area contributed by atoms with Crippen LogP contribution in [0.1, 0.15) is 29.7 Å². The number of carboxylic acids is 1. The van der Waals surface area contributed by atoms with Gasteiger partial charge in [0.1, 0.15) is 11.8 Å².